The molecule has 126 valence electrons. The predicted octanol–water partition coefficient (Wildman–Crippen LogP) is 3.70. The van der Waals surface area contributed by atoms with Crippen molar-refractivity contribution in [3.63, 3.8) is 0 Å². The van der Waals surface area contributed by atoms with Crippen molar-refractivity contribution in [2.75, 3.05) is 13.1 Å². The Labute approximate surface area is 134 Å². The van der Waals surface area contributed by atoms with Crippen LogP contribution >= 0.6 is 0 Å². The summed E-state index contributed by atoms with van der Waals surface area (Å²) in [6.45, 7) is 6.05. The second kappa shape index (κ2) is 7.47. The Hall–Kier alpha value is -1.06. The number of likely N-dealkylation sites (tertiary alicyclic amines) is 1. The molecule has 0 aromatic carbocycles. The number of amides is 1. The molecule has 1 atom stereocenters. The lowest BCUT2D eigenvalue weighted by Gasteiger charge is -2.40. The number of carbonyl (C=O) groups is 2. The first-order chi connectivity index (χ1) is 10.4. The average Bonchev–Trinajstić information content (AvgIpc) is 2.93. The summed E-state index contributed by atoms with van der Waals surface area (Å²) in [6, 6.07) is 0. The first-order valence-electron chi connectivity index (χ1n) is 8.94. The molecular weight excluding hydrogens is 278 g/mol. The van der Waals surface area contributed by atoms with Crippen LogP contribution in [0.4, 0.5) is 0 Å². The molecule has 2 aliphatic rings. The van der Waals surface area contributed by atoms with Crippen molar-refractivity contribution in [2.24, 2.45) is 17.3 Å². The third kappa shape index (κ3) is 4.23. The molecule has 1 amide bonds. The minimum atomic E-state index is -0.726. The van der Waals surface area contributed by atoms with Crippen LogP contribution in [0.3, 0.4) is 0 Å². The number of nitrogens with zero attached hydrogens (tertiary/aromatic N) is 1. The second-order valence-corrected chi connectivity index (χ2v) is 7.78. The topological polar surface area (TPSA) is 57.6 Å². The molecule has 1 heterocycles. The Morgan fingerprint density at radius 1 is 1.23 bits per heavy atom. The van der Waals surface area contributed by atoms with E-state index in [1.54, 1.807) is 0 Å². The number of carboxylic acid groups (broad SMARTS) is 1. The van der Waals surface area contributed by atoms with E-state index in [2.05, 4.69) is 18.7 Å². The zero-order valence-corrected chi connectivity index (χ0v) is 14.1. The molecule has 0 aromatic heterocycles. The van der Waals surface area contributed by atoms with E-state index >= 15 is 0 Å². The fourth-order valence-electron chi connectivity index (χ4n) is 4.49. The Balaban J connectivity index is 1.99. The fourth-order valence-corrected chi connectivity index (χ4v) is 4.49. The van der Waals surface area contributed by atoms with Gasteiger partial charge in [0.15, 0.2) is 0 Å². The van der Waals surface area contributed by atoms with Crippen molar-refractivity contribution < 1.29 is 14.7 Å². The summed E-state index contributed by atoms with van der Waals surface area (Å²) in [5.74, 6) is 0.551. The number of rotatable bonds is 6. The van der Waals surface area contributed by atoms with Crippen LogP contribution in [0, 0.1) is 17.3 Å². The molecule has 22 heavy (non-hydrogen) atoms. The fraction of sp³-hybridized carbons (Fsp3) is 0.889. The van der Waals surface area contributed by atoms with Crippen LogP contribution < -0.4 is 0 Å². The highest BCUT2D eigenvalue weighted by Crippen LogP contribution is 2.45. The first-order valence-corrected chi connectivity index (χ1v) is 8.94. The van der Waals surface area contributed by atoms with Gasteiger partial charge in [0.2, 0.25) is 5.91 Å². The Morgan fingerprint density at radius 2 is 1.91 bits per heavy atom. The lowest BCUT2D eigenvalue weighted by molar-refractivity contribution is -0.145. The van der Waals surface area contributed by atoms with Crippen LogP contribution in [0.2, 0.25) is 0 Å². The third-order valence-electron chi connectivity index (χ3n) is 5.39. The zero-order chi connectivity index (χ0) is 16.2. The normalized spacial score (nSPS) is 24.7. The Kier molecular flexibility index (Phi) is 5.87. The molecule has 0 aromatic rings. The highest BCUT2D eigenvalue weighted by molar-refractivity contribution is 5.83. The van der Waals surface area contributed by atoms with E-state index in [9.17, 15) is 9.59 Å². The maximum absolute atomic E-state index is 13.2. The van der Waals surface area contributed by atoms with Crippen LogP contribution in [0.5, 0.6) is 0 Å². The van der Waals surface area contributed by atoms with Gasteiger partial charge in [-0.25, -0.2) is 0 Å². The van der Waals surface area contributed by atoms with Crippen LogP contribution in [0.15, 0.2) is 0 Å². The van der Waals surface area contributed by atoms with E-state index < -0.39 is 5.97 Å². The summed E-state index contributed by atoms with van der Waals surface area (Å²) >= 11 is 0. The third-order valence-corrected chi connectivity index (χ3v) is 5.39. The van der Waals surface area contributed by atoms with Gasteiger partial charge < -0.3 is 10.0 Å². The molecule has 1 saturated carbocycles. The lowest BCUT2D eigenvalue weighted by Crippen LogP contribution is -2.47. The van der Waals surface area contributed by atoms with Gasteiger partial charge in [-0.15, -0.1) is 0 Å². The Morgan fingerprint density at radius 3 is 2.50 bits per heavy atom. The molecule has 0 radical (unpaired) electrons. The molecule has 1 aliphatic heterocycles. The molecule has 2 fully saturated rings. The van der Waals surface area contributed by atoms with E-state index in [0.29, 0.717) is 24.2 Å². The summed E-state index contributed by atoms with van der Waals surface area (Å²) < 4.78 is 0. The van der Waals surface area contributed by atoms with Crippen molar-refractivity contribution in [3.05, 3.63) is 0 Å². The summed E-state index contributed by atoms with van der Waals surface area (Å²) in [5.41, 5.74) is -0.122. The monoisotopic (exact) mass is 309 g/mol. The maximum atomic E-state index is 13.2. The van der Waals surface area contributed by atoms with Gasteiger partial charge in [0.05, 0.1) is 0 Å². The number of carboxylic acids is 1. The number of carbonyl (C=O) groups excluding carboxylic acids is 1. The largest absolute Gasteiger partial charge is 0.481 e. The SMILES string of the molecule is CC(C)CC1(C(=O)N2CCCC(CCC(=O)O)C2)CCCC1. The summed E-state index contributed by atoms with van der Waals surface area (Å²) in [6.07, 6.45) is 8.45. The van der Waals surface area contributed by atoms with Crippen LogP contribution in [-0.4, -0.2) is 35.0 Å². The second-order valence-electron chi connectivity index (χ2n) is 7.78. The van der Waals surface area contributed by atoms with Gasteiger partial charge in [-0.2, -0.15) is 0 Å². The van der Waals surface area contributed by atoms with E-state index in [4.69, 9.17) is 5.11 Å². The average molecular weight is 309 g/mol. The van der Waals surface area contributed by atoms with Gasteiger partial charge in [0.1, 0.15) is 0 Å². The van der Waals surface area contributed by atoms with Gasteiger partial charge in [0.25, 0.3) is 0 Å². The van der Waals surface area contributed by atoms with Gasteiger partial charge in [-0.1, -0.05) is 26.7 Å². The van der Waals surface area contributed by atoms with Crippen molar-refractivity contribution in [2.45, 2.75) is 71.6 Å². The summed E-state index contributed by atoms with van der Waals surface area (Å²) in [4.78, 5) is 26.0. The van der Waals surface area contributed by atoms with Crippen LogP contribution in [-0.2, 0) is 9.59 Å². The van der Waals surface area contributed by atoms with Crippen molar-refractivity contribution in [1.29, 1.82) is 0 Å². The van der Waals surface area contributed by atoms with Gasteiger partial charge in [0, 0.05) is 24.9 Å². The number of piperidine rings is 1. The molecule has 0 spiro atoms. The van der Waals surface area contributed by atoms with E-state index in [-0.39, 0.29) is 11.8 Å². The molecule has 4 heteroatoms. The van der Waals surface area contributed by atoms with Gasteiger partial charge >= 0.3 is 5.97 Å². The standard InChI is InChI=1S/C18H31NO3/c1-14(2)12-18(9-3-4-10-18)17(22)19-11-5-6-15(13-19)7-8-16(20)21/h14-15H,3-13H2,1-2H3,(H,20,21). The lowest BCUT2D eigenvalue weighted by atomic mass is 9.76. The molecular formula is C18H31NO3. The van der Waals surface area contributed by atoms with Crippen LogP contribution in [0.1, 0.15) is 71.6 Å². The van der Waals surface area contributed by atoms with E-state index in [1.165, 1.54) is 12.8 Å². The van der Waals surface area contributed by atoms with Crippen molar-refractivity contribution in [1.82, 2.24) is 4.90 Å². The van der Waals surface area contributed by atoms with Crippen molar-refractivity contribution in [3.8, 4) is 0 Å². The molecule has 4 nitrogen and oxygen atoms in total. The molecule has 1 unspecified atom stereocenters. The van der Waals surface area contributed by atoms with Gasteiger partial charge in [-0.05, 0) is 50.4 Å². The van der Waals surface area contributed by atoms with Gasteiger partial charge in [-0.3, -0.25) is 9.59 Å². The smallest absolute Gasteiger partial charge is 0.303 e. The molecule has 2 rings (SSSR count). The minimum Gasteiger partial charge on any atom is -0.481 e. The quantitative estimate of drug-likeness (QED) is 0.814. The molecule has 0 bridgehead atoms. The summed E-state index contributed by atoms with van der Waals surface area (Å²) in [7, 11) is 0. The van der Waals surface area contributed by atoms with E-state index in [0.717, 1.165) is 45.2 Å². The number of hydrogen-bond acceptors (Lipinski definition) is 2. The molecule has 1 N–H and O–H groups in total. The highest BCUT2D eigenvalue weighted by Gasteiger charge is 2.44. The predicted molar refractivity (Wildman–Crippen MR) is 86.5 cm³/mol. The van der Waals surface area contributed by atoms with Crippen molar-refractivity contribution >= 4 is 11.9 Å². The minimum absolute atomic E-state index is 0.122. The zero-order valence-electron chi connectivity index (χ0n) is 14.1. The first kappa shape index (κ1) is 17.3. The number of hydrogen-bond donors (Lipinski definition) is 1. The summed E-state index contributed by atoms with van der Waals surface area (Å²) in [5, 5.41) is 8.85. The van der Waals surface area contributed by atoms with Crippen LogP contribution in [0.25, 0.3) is 0 Å². The number of aliphatic carboxylic acids is 1. The maximum Gasteiger partial charge on any atom is 0.303 e. The Bertz CT molecular complexity index is 399. The highest BCUT2D eigenvalue weighted by atomic mass is 16.4. The van der Waals surface area contributed by atoms with E-state index in [1.807, 2.05) is 0 Å². The molecule has 1 saturated heterocycles. The molecule has 1 aliphatic carbocycles.